The van der Waals surface area contributed by atoms with Gasteiger partial charge < -0.3 is 4.74 Å². The first-order chi connectivity index (χ1) is 7.51. The lowest BCUT2D eigenvalue weighted by atomic mass is 10.1. The highest BCUT2D eigenvalue weighted by atomic mass is 32.3. The van der Waals surface area contributed by atoms with Gasteiger partial charge in [-0.3, -0.25) is 4.79 Å². The number of rotatable bonds is 1. The van der Waals surface area contributed by atoms with Crippen molar-refractivity contribution >= 4 is 27.6 Å². The molecule has 0 aromatic rings. The molecule has 1 aliphatic heterocycles. The van der Waals surface area contributed by atoms with Crippen molar-refractivity contribution in [2.75, 3.05) is 18.6 Å². The monoisotopic (exact) mass is 264 g/mol. The van der Waals surface area contributed by atoms with E-state index in [9.17, 15) is 13.2 Å². The second-order valence-electron chi connectivity index (χ2n) is 4.39. The van der Waals surface area contributed by atoms with Crippen molar-refractivity contribution in [3.05, 3.63) is 0 Å². The quantitative estimate of drug-likeness (QED) is 0.666. The minimum atomic E-state index is -3.04. The molecule has 1 saturated heterocycles. The number of thioether (sulfide) groups is 1. The Labute approximate surface area is 100 Å². The molecule has 6 heteroatoms. The van der Waals surface area contributed by atoms with E-state index < -0.39 is 13.9 Å². The first-order valence-electron chi connectivity index (χ1n) is 5.45. The summed E-state index contributed by atoms with van der Waals surface area (Å²) in [4.78, 5) is 11.4. The van der Waals surface area contributed by atoms with Crippen LogP contribution in [0, 0.1) is 5.92 Å². The van der Waals surface area contributed by atoms with Crippen molar-refractivity contribution in [1.82, 2.24) is 0 Å². The van der Waals surface area contributed by atoms with Crippen molar-refractivity contribution < 1.29 is 17.9 Å². The van der Waals surface area contributed by atoms with E-state index in [0.29, 0.717) is 19.3 Å². The van der Waals surface area contributed by atoms with E-state index in [-0.39, 0.29) is 17.6 Å². The largest absolute Gasteiger partial charge is 0.469 e. The Hall–Kier alpha value is -0.230. The maximum Gasteiger partial charge on any atom is 0.308 e. The third-order valence-electron chi connectivity index (χ3n) is 3.45. The van der Waals surface area contributed by atoms with Crippen molar-refractivity contribution in [3.8, 4) is 0 Å². The maximum atomic E-state index is 12.1. The molecule has 0 aromatic heterocycles. The summed E-state index contributed by atoms with van der Waals surface area (Å²) in [5, 5.41) is 0. The van der Waals surface area contributed by atoms with Gasteiger partial charge in [-0.1, -0.05) is 0 Å². The van der Waals surface area contributed by atoms with E-state index in [0.717, 1.165) is 12.2 Å². The highest BCUT2D eigenvalue weighted by Crippen LogP contribution is 2.51. The summed E-state index contributed by atoms with van der Waals surface area (Å²) in [5.41, 5.74) is 0. The first kappa shape index (κ1) is 12.2. The number of methoxy groups -OCH3 is 1. The number of carbonyl (C=O) groups is 1. The number of hydrogen-bond donors (Lipinski definition) is 0. The fourth-order valence-corrected chi connectivity index (χ4v) is 6.96. The zero-order chi connectivity index (χ0) is 11.8. The Kier molecular flexibility index (Phi) is 3.22. The Morgan fingerprint density at radius 2 is 2.25 bits per heavy atom. The predicted molar refractivity (Wildman–Crippen MR) is 62.9 cm³/mol. The number of hydrogen-bond acceptors (Lipinski definition) is 5. The first-order valence-corrected chi connectivity index (χ1v) is 8.09. The predicted octanol–water partition coefficient (Wildman–Crippen LogP) is 1.21. The molecule has 0 unspecified atom stereocenters. The highest BCUT2D eigenvalue weighted by Gasteiger charge is 2.52. The van der Waals surface area contributed by atoms with Crippen LogP contribution in [0.25, 0.3) is 0 Å². The van der Waals surface area contributed by atoms with Crippen LogP contribution in [0.2, 0.25) is 0 Å². The zero-order valence-corrected chi connectivity index (χ0v) is 10.9. The molecule has 0 radical (unpaired) electrons. The Balaban J connectivity index is 2.19. The van der Waals surface area contributed by atoms with Crippen LogP contribution in [-0.2, 0) is 19.4 Å². The molecule has 0 bridgehead atoms. The number of sulfone groups is 1. The molecule has 0 amide bonds. The average molecular weight is 264 g/mol. The van der Waals surface area contributed by atoms with Crippen LogP contribution in [0.5, 0.6) is 0 Å². The molecular weight excluding hydrogens is 248 g/mol. The van der Waals surface area contributed by atoms with E-state index in [1.807, 2.05) is 0 Å². The van der Waals surface area contributed by atoms with Crippen LogP contribution >= 0.6 is 11.8 Å². The zero-order valence-electron chi connectivity index (χ0n) is 9.27. The van der Waals surface area contributed by atoms with E-state index in [1.165, 1.54) is 18.9 Å². The molecule has 16 heavy (non-hydrogen) atoms. The summed E-state index contributed by atoms with van der Waals surface area (Å²) < 4.78 is 28.2. The van der Waals surface area contributed by atoms with Gasteiger partial charge in [-0.15, -0.1) is 11.8 Å². The Morgan fingerprint density at radius 1 is 1.50 bits per heavy atom. The molecule has 92 valence electrons. The van der Waals surface area contributed by atoms with Crippen LogP contribution in [-0.4, -0.2) is 37.1 Å². The van der Waals surface area contributed by atoms with Gasteiger partial charge in [0, 0.05) is 0 Å². The molecule has 1 spiro atoms. The topological polar surface area (TPSA) is 60.4 Å². The van der Waals surface area contributed by atoms with Crippen molar-refractivity contribution in [2.45, 2.75) is 29.8 Å². The lowest BCUT2D eigenvalue weighted by molar-refractivity contribution is -0.145. The molecule has 1 heterocycles. The van der Waals surface area contributed by atoms with Crippen molar-refractivity contribution in [1.29, 1.82) is 0 Å². The molecular formula is C10H16O4S2. The fourth-order valence-electron chi connectivity index (χ4n) is 2.54. The van der Waals surface area contributed by atoms with Gasteiger partial charge in [0.05, 0.1) is 18.8 Å². The van der Waals surface area contributed by atoms with Crippen LogP contribution in [0.1, 0.15) is 25.7 Å². The van der Waals surface area contributed by atoms with Gasteiger partial charge in [0.25, 0.3) is 0 Å². The van der Waals surface area contributed by atoms with E-state index in [2.05, 4.69) is 0 Å². The summed E-state index contributed by atoms with van der Waals surface area (Å²) in [6, 6.07) is 0. The Bertz CT molecular complexity index is 390. The van der Waals surface area contributed by atoms with Gasteiger partial charge in [-0.2, -0.15) is 0 Å². The standard InChI is InChI=1S/C10H16O4S2/c1-14-9(11)8-3-4-10(7-8)15-5-2-6-16(10,12)13/h8H,2-7H2,1H3/t8-,10+/m0/s1. The maximum absolute atomic E-state index is 12.1. The van der Waals surface area contributed by atoms with Crippen molar-refractivity contribution in [2.24, 2.45) is 5.92 Å². The lowest BCUT2D eigenvalue weighted by Gasteiger charge is -2.32. The SMILES string of the molecule is COC(=O)[C@H]1CC[C@@]2(C1)SCCCS2(=O)=O. The summed E-state index contributed by atoms with van der Waals surface area (Å²) in [6.45, 7) is 0. The van der Waals surface area contributed by atoms with Gasteiger partial charge in [-0.05, 0) is 31.4 Å². The van der Waals surface area contributed by atoms with Crippen LogP contribution in [0.15, 0.2) is 0 Å². The second kappa shape index (κ2) is 4.22. The summed E-state index contributed by atoms with van der Waals surface area (Å²) in [6.07, 6.45) is 2.41. The second-order valence-corrected chi connectivity index (χ2v) is 8.55. The molecule has 2 fully saturated rings. The summed E-state index contributed by atoms with van der Waals surface area (Å²) in [7, 11) is -1.69. The van der Waals surface area contributed by atoms with Crippen molar-refractivity contribution in [3.63, 3.8) is 0 Å². The van der Waals surface area contributed by atoms with Crippen LogP contribution in [0.3, 0.4) is 0 Å². The highest BCUT2D eigenvalue weighted by molar-refractivity contribution is 8.15. The third-order valence-corrected chi connectivity index (χ3v) is 8.29. The minimum absolute atomic E-state index is 0.231. The molecule has 2 atom stereocenters. The number of ether oxygens (including phenoxy) is 1. The summed E-state index contributed by atoms with van der Waals surface area (Å²) >= 11 is 1.52. The molecule has 2 aliphatic rings. The summed E-state index contributed by atoms with van der Waals surface area (Å²) in [5.74, 6) is 0.657. The molecule has 1 saturated carbocycles. The third kappa shape index (κ3) is 1.86. The normalized spacial score (nSPS) is 37.4. The smallest absolute Gasteiger partial charge is 0.308 e. The van der Waals surface area contributed by atoms with Crippen LogP contribution in [0.4, 0.5) is 0 Å². The van der Waals surface area contributed by atoms with E-state index >= 15 is 0 Å². The van der Waals surface area contributed by atoms with E-state index in [1.54, 1.807) is 0 Å². The van der Waals surface area contributed by atoms with Gasteiger partial charge in [0.15, 0.2) is 9.84 Å². The van der Waals surface area contributed by atoms with Gasteiger partial charge in [0.1, 0.15) is 4.08 Å². The fraction of sp³-hybridized carbons (Fsp3) is 0.900. The van der Waals surface area contributed by atoms with Gasteiger partial charge in [-0.25, -0.2) is 8.42 Å². The molecule has 0 N–H and O–H groups in total. The van der Waals surface area contributed by atoms with Gasteiger partial charge >= 0.3 is 5.97 Å². The molecule has 4 nitrogen and oxygen atoms in total. The molecule has 1 aliphatic carbocycles. The minimum Gasteiger partial charge on any atom is -0.469 e. The lowest BCUT2D eigenvalue weighted by Crippen LogP contribution is -2.38. The van der Waals surface area contributed by atoms with Crippen LogP contribution < -0.4 is 0 Å². The van der Waals surface area contributed by atoms with E-state index in [4.69, 9.17) is 4.74 Å². The number of esters is 1. The number of carbonyl (C=O) groups excluding carboxylic acids is 1. The molecule has 0 aromatic carbocycles. The Morgan fingerprint density at radius 3 is 2.88 bits per heavy atom. The molecule has 2 rings (SSSR count). The van der Waals surface area contributed by atoms with Gasteiger partial charge in [0.2, 0.25) is 0 Å². The average Bonchev–Trinajstić information content (AvgIpc) is 2.68.